The zero-order valence-corrected chi connectivity index (χ0v) is 12.6. The molecule has 3 aromatic rings. The molecule has 0 radical (unpaired) electrons. The molecule has 0 bridgehead atoms. The van der Waals surface area contributed by atoms with E-state index in [1.807, 2.05) is 61.5 Å². The highest BCUT2D eigenvalue weighted by Gasteiger charge is 2.11. The molecule has 1 N–H and O–H groups in total. The third kappa shape index (κ3) is 3.17. The van der Waals surface area contributed by atoms with E-state index in [-0.39, 0.29) is 11.9 Å². The van der Waals surface area contributed by atoms with Crippen molar-refractivity contribution in [2.75, 3.05) is 0 Å². The smallest absolute Gasteiger partial charge is 0.224 e. The van der Waals surface area contributed by atoms with Crippen LogP contribution in [0.2, 0.25) is 0 Å². The van der Waals surface area contributed by atoms with Crippen LogP contribution in [-0.4, -0.2) is 5.91 Å². The average Bonchev–Trinajstić information content (AvgIpc) is 2.56. The van der Waals surface area contributed by atoms with Gasteiger partial charge in [-0.3, -0.25) is 4.79 Å². The maximum Gasteiger partial charge on any atom is 0.224 e. The first kappa shape index (κ1) is 14.3. The van der Waals surface area contributed by atoms with Crippen molar-refractivity contribution in [1.29, 1.82) is 0 Å². The van der Waals surface area contributed by atoms with Gasteiger partial charge in [-0.25, -0.2) is 0 Å². The summed E-state index contributed by atoms with van der Waals surface area (Å²) < 4.78 is 0. The second-order valence-electron chi connectivity index (χ2n) is 5.51. The second-order valence-corrected chi connectivity index (χ2v) is 5.51. The number of carbonyl (C=O) groups is 1. The Kier molecular flexibility index (Phi) is 4.19. The van der Waals surface area contributed by atoms with Crippen molar-refractivity contribution in [1.82, 2.24) is 5.32 Å². The number of benzene rings is 3. The van der Waals surface area contributed by atoms with Crippen LogP contribution in [0.4, 0.5) is 0 Å². The molecule has 0 unspecified atom stereocenters. The van der Waals surface area contributed by atoms with Crippen LogP contribution in [0, 0.1) is 0 Å². The number of rotatable bonds is 4. The van der Waals surface area contributed by atoms with Crippen LogP contribution in [0.3, 0.4) is 0 Å². The number of fused-ring (bicyclic) bond motifs is 1. The molecule has 0 saturated heterocycles. The lowest BCUT2D eigenvalue weighted by Crippen LogP contribution is -2.28. The zero-order chi connectivity index (χ0) is 15.4. The van der Waals surface area contributed by atoms with Crippen LogP contribution in [0.25, 0.3) is 10.8 Å². The fraction of sp³-hybridized carbons (Fsp3) is 0.150. The molecule has 0 aliphatic rings. The van der Waals surface area contributed by atoms with Crippen LogP contribution in [0.1, 0.15) is 24.1 Å². The van der Waals surface area contributed by atoms with Crippen molar-refractivity contribution in [2.45, 2.75) is 19.4 Å². The molecule has 0 heterocycles. The van der Waals surface area contributed by atoms with E-state index >= 15 is 0 Å². The highest BCUT2D eigenvalue weighted by Crippen LogP contribution is 2.19. The third-order valence-electron chi connectivity index (χ3n) is 3.91. The Morgan fingerprint density at radius 1 is 0.909 bits per heavy atom. The molecule has 0 saturated carbocycles. The molecular formula is C20H19NO. The van der Waals surface area contributed by atoms with Crippen molar-refractivity contribution in [2.24, 2.45) is 0 Å². The first-order valence-corrected chi connectivity index (χ1v) is 7.55. The minimum absolute atomic E-state index is 0.0173. The van der Waals surface area contributed by atoms with Gasteiger partial charge in [0, 0.05) is 0 Å². The minimum atomic E-state index is 0.0173. The van der Waals surface area contributed by atoms with Gasteiger partial charge in [-0.15, -0.1) is 0 Å². The van der Waals surface area contributed by atoms with Gasteiger partial charge in [0.15, 0.2) is 0 Å². The van der Waals surface area contributed by atoms with Crippen molar-refractivity contribution in [3.63, 3.8) is 0 Å². The topological polar surface area (TPSA) is 29.1 Å². The summed E-state index contributed by atoms with van der Waals surface area (Å²) in [6.07, 6.45) is 0.401. The maximum atomic E-state index is 12.3. The SMILES string of the molecule is C[C@H](NC(=O)Cc1cccc2ccccc12)c1ccccc1. The molecule has 2 heteroatoms. The number of hydrogen-bond acceptors (Lipinski definition) is 1. The van der Waals surface area contributed by atoms with E-state index in [1.54, 1.807) is 0 Å². The number of carbonyl (C=O) groups excluding carboxylic acids is 1. The molecule has 0 fully saturated rings. The summed E-state index contributed by atoms with van der Waals surface area (Å²) in [7, 11) is 0. The van der Waals surface area contributed by atoms with E-state index in [4.69, 9.17) is 0 Å². The second kappa shape index (κ2) is 6.44. The molecule has 0 aliphatic carbocycles. The maximum absolute atomic E-state index is 12.3. The van der Waals surface area contributed by atoms with Crippen molar-refractivity contribution in [3.05, 3.63) is 83.9 Å². The monoisotopic (exact) mass is 289 g/mol. The summed E-state index contributed by atoms with van der Waals surface area (Å²) in [5.41, 5.74) is 2.18. The lowest BCUT2D eigenvalue weighted by molar-refractivity contribution is -0.121. The van der Waals surface area contributed by atoms with Gasteiger partial charge in [-0.05, 0) is 28.8 Å². The lowest BCUT2D eigenvalue weighted by Gasteiger charge is -2.15. The summed E-state index contributed by atoms with van der Waals surface area (Å²) in [5, 5.41) is 5.39. The van der Waals surface area contributed by atoms with Crippen LogP contribution in [0.5, 0.6) is 0 Å². The Labute approximate surface area is 130 Å². The molecule has 3 aromatic carbocycles. The van der Waals surface area contributed by atoms with Gasteiger partial charge >= 0.3 is 0 Å². The van der Waals surface area contributed by atoms with Gasteiger partial charge in [0.25, 0.3) is 0 Å². The summed E-state index contributed by atoms with van der Waals surface area (Å²) in [4.78, 5) is 12.3. The number of amides is 1. The Hall–Kier alpha value is -2.61. The van der Waals surface area contributed by atoms with Gasteiger partial charge in [-0.1, -0.05) is 72.8 Å². The fourth-order valence-electron chi connectivity index (χ4n) is 2.74. The molecule has 2 nitrogen and oxygen atoms in total. The van der Waals surface area contributed by atoms with E-state index in [0.717, 1.165) is 16.5 Å². The van der Waals surface area contributed by atoms with E-state index in [2.05, 4.69) is 23.5 Å². The predicted octanol–water partition coefficient (Wildman–Crippen LogP) is 4.26. The van der Waals surface area contributed by atoms with Crippen LogP contribution < -0.4 is 5.32 Å². The summed E-state index contributed by atoms with van der Waals surface area (Å²) in [5.74, 6) is 0.0488. The summed E-state index contributed by atoms with van der Waals surface area (Å²) >= 11 is 0. The number of hydrogen-bond donors (Lipinski definition) is 1. The molecule has 22 heavy (non-hydrogen) atoms. The standard InChI is InChI=1S/C20H19NO/c1-15(16-8-3-2-4-9-16)21-20(22)14-18-12-7-11-17-10-5-6-13-19(17)18/h2-13,15H,14H2,1H3,(H,21,22)/t15-/m0/s1. The van der Waals surface area contributed by atoms with E-state index in [9.17, 15) is 4.79 Å². The molecule has 0 spiro atoms. The van der Waals surface area contributed by atoms with Crippen molar-refractivity contribution in [3.8, 4) is 0 Å². The molecule has 0 aliphatic heterocycles. The van der Waals surface area contributed by atoms with E-state index < -0.39 is 0 Å². The van der Waals surface area contributed by atoms with Crippen LogP contribution >= 0.6 is 0 Å². The zero-order valence-electron chi connectivity index (χ0n) is 12.6. The Balaban J connectivity index is 1.74. The van der Waals surface area contributed by atoms with E-state index in [1.165, 1.54) is 5.39 Å². The molecule has 110 valence electrons. The van der Waals surface area contributed by atoms with Crippen molar-refractivity contribution >= 4 is 16.7 Å². The third-order valence-corrected chi connectivity index (χ3v) is 3.91. The van der Waals surface area contributed by atoms with Gasteiger partial charge in [0.2, 0.25) is 5.91 Å². The predicted molar refractivity (Wildman–Crippen MR) is 90.7 cm³/mol. The summed E-state index contributed by atoms with van der Waals surface area (Å²) in [6.45, 7) is 2.01. The largest absolute Gasteiger partial charge is 0.349 e. The lowest BCUT2D eigenvalue weighted by atomic mass is 10.0. The van der Waals surface area contributed by atoms with Crippen LogP contribution in [0.15, 0.2) is 72.8 Å². The average molecular weight is 289 g/mol. The van der Waals surface area contributed by atoms with Gasteiger partial charge in [0.1, 0.15) is 0 Å². The quantitative estimate of drug-likeness (QED) is 0.764. The molecule has 1 amide bonds. The molecule has 0 aromatic heterocycles. The van der Waals surface area contributed by atoms with Gasteiger partial charge in [0.05, 0.1) is 12.5 Å². The van der Waals surface area contributed by atoms with Gasteiger partial charge in [-0.2, -0.15) is 0 Å². The van der Waals surface area contributed by atoms with Crippen molar-refractivity contribution < 1.29 is 4.79 Å². The highest BCUT2D eigenvalue weighted by molar-refractivity contribution is 5.90. The minimum Gasteiger partial charge on any atom is -0.349 e. The van der Waals surface area contributed by atoms with Crippen LogP contribution in [-0.2, 0) is 11.2 Å². The normalized spacial score (nSPS) is 12.0. The van der Waals surface area contributed by atoms with Gasteiger partial charge < -0.3 is 5.32 Å². The Morgan fingerprint density at radius 3 is 2.41 bits per heavy atom. The Morgan fingerprint density at radius 2 is 1.59 bits per heavy atom. The fourth-order valence-corrected chi connectivity index (χ4v) is 2.74. The molecular weight excluding hydrogens is 270 g/mol. The highest BCUT2D eigenvalue weighted by atomic mass is 16.1. The number of nitrogens with one attached hydrogen (secondary N) is 1. The molecule has 3 rings (SSSR count). The first-order valence-electron chi connectivity index (χ1n) is 7.55. The summed E-state index contributed by atoms with van der Waals surface area (Å²) in [6, 6.07) is 24.3. The Bertz CT molecular complexity index is 775. The molecule has 1 atom stereocenters. The van der Waals surface area contributed by atoms with E-state index in [0.29, 0.717) is 6.42 Å². The first-order chi connectivity index (χ1) is 10.7.